The smallest absolute Gasteiger partial charge is 0.323 e. The molecule has 0 fully saturated rings. The van der Waals surface area contributed by atoms with Crippen LogP contribution in [-0.4, -0.2) is 11.9 Å². The van der Waals surface area contributed by atoms with E-state index in [4.69, 9.17) is 23.2 Å². The molecule has 0 heterocycles. The molecule has 7 heteroatoms. The second-order valence-electron chi connectivity index (χ2n) is 6.39. The number of para-hydroxylation sites is 1. The van der Waals surface area contributed by atoms with Gasteiger partial charge in [0.25, 0.3) is 5.91 Å². The number of urea groups is 1. The third-order valence-corrected chi connectivity index (χ3v) is 4.79. The molecule has 5 nitrogen and oxygen atoms in total. The van der Waals surface area contributed by atoms with E-state index in [9.17, 15) is 9.59 Å². The van der Waals surface area contributed by atoms with Crippen LogP contribution in [0.25, 0.3) is 0 Å². The maximum atomic E-state index is 12.5. The van der Waals surface area contributed by atoms with Crippen molar-refractivity contribution in [1.82, 2.24) is 5.32 Å². The van der Waals surface area contributed by atoms with E-state index in [-0.39, 0.29) is 18.0 Å². The third kappa shape index (κ3) is 5.73. The van der Waals surface area contributed by atoms with Gasteiger partial charge in [-0.3, -0.25) is 4.79 Å². The lowest BCUT2D eigenvalue weighted by Crippen LogP contribution is -2.27. The lowest BCUT2D eigenvalue weighted by molar-refractivity contribution is 0.0940. The lowest BCUT2D eigenvalue weighted by Gasteiger charge is -2.16. The number of hydrogen-bond donors (Lipinski definition) is 3. The van der Waals surface area contributed by atoms with Crippen molar-refractivity contribution in [3.63, 3.8) is 0 Å². The molecule has 0 aliphatic rings. The fraction of sp³-hybridized carbons (Fsp3) is 0.0909. The van der Waals surface area contributed by atoms with Gasteiger partial charge in [0, 0.05) is 16.4 Å². The summed E-state index contributed by atoms with van der Waals surface area (Å²) < 4.78 is 0. The van der Waals surface area contributed by atoms with Crippen molar-refractivity contribution in [2.24, 2.45) is 0 Å². The summed E-state index contributed by atoms with van der Waals surface area (Å²) in [6, 6.07) is 20.5. The number of rotatable bonds is 5. The van der Waals surface area contributed by atoms with Gasteiger partial charge in [0.2, 0.25) is 0 Å². The second kappa shape index (κ2) is 9.45. The Morgan fingerprint density at radius 1 is 0.828 bits per heavy atom. The van der Waals surface area contributed by atoms with E-state index in [0.29, 0.717) is 27.0 Å². The molecule has 148 valence electrons. The second-order valence-corrected chi connectivity index (χ2v) is 7.23. The number of halogens is 2. The number of amides is 3. The Labute approximate surface area is 179 Å². The van der Waals surface area contributed by atoms with Crippen LogP contribution in [0.4, 0.5) is 16.2 Å². The van der Waals surface area contributed by atoms with Gasteiger partial charge in [0.1, 0.15) is 0 Å². The minimum atomic E-state index is -0.333. The summed E-state index contributed by atoms with van der Waals surface area (Å²) >= 11 is 12.0. The van der Waals surface area contributed by atoms with Crippen molar-refractivity contribution in [3.8, 4) is 0 Å². The average molecular weight is 428 g/mol. The number of hydrogen-bond acceptors (Lipinski definition) is 2. The molecule has 0 saturated heterocycles. The van der Waals surface area contributed by atoms with E-state index in [2.05, 4.69) is 16.0 Å². The van der Waals surface area contributed by atoms with Crippen LogP contribution in [0.1, 0.15) is 28.9 Å². The molecule has 1 unspecified atom stereocenters. The molecule has 0 bridgehead atoms. The van der Waals surface area contributed by atoms with Crippen molar-refractivity contribution in [2.75, 3.05) is 10.6 Å². The summed E-state index contributed by atoms with van der Waals surface area (Å²) in [5.74, 6) is -0.311. The number of benzene rings is 3. The zero-order valence-electron chi connectivity index (χ0n) is 15.6. The van der Waals surface area contributed by atoms with Crippen molar-refractivity contribution in [3.05, 3.63) is 94.0 Å². The zero-order chi connectivity index (χ0) is 20.8. The first kappa shape index (κ1) is 20.7. The summed E-state index contributed by atoms with van der Waals surface area (Å²) in [4.78, 5) is 24.5. The van der Waals surface area contributed by atoms with Crippen LogP contribution in [0.2, 0.25) is 10.0 Å². The highest BCUT2D eigenvalue weighted by Crippen LogP contribution is 2.22. The van der Waals surface area contributed by atoms with Crippen molar-refractivity contribution in [1.29, 1.82) is 0 Å². The minimum absolute atomic E-state index is 0.259. The first-order valence-corrected chi connectivity index (χ1v) is 9.67. The summed E-state index contributed by atoms with van der Waals surface area (Å²) in [5, 5.41) is 9.19. The molecule has 3 rings (SSSR count). The average Bonchev–Trinajstić information content (AvgIpc) is 2.71. The Hall–Kier alpha value is -3.02. The van der Waals surface area contributed by atoms with Crippen LogP contribution in [0.5, 0.6) is 0 Å². The maximum Gasteiger partial charge on any atom is 0.323 e. The molecular formula is C22H19Cl2N3O2. The minimum Gasteiger partial charge on any atom is -0.345 e. The van der Waals surface area contributed by atoms with Gasteiger partial charge >= 0.3 is 6.03 Å². The van der Waals surface area contributed by atoms with Gasteiger partial charge in [-0.2, -0.15) is 0 Å². The molecule has 0 aromatic heterocycles. The Bertz CT molecular complexity index is 1010. The first-order valence-electron chi connectivity index (χ1n) is 8.91. The molecule has 3 aromatic rings. The number of anilines is 2. The fourth-order valence-electron chi connectivity index (χ4n) is 2.70. The Balaban J connectivity index is 1.59. The molecule has 3 aromatic carbocycles. The van der Waals surface area contributed by atoms with Crippen molar-refractivity contribution < 1.29 is 9.59 Å². The molecule has 0 spiro atoms. The van der Waals surface area contributed by atoms with E-state index >= 15 is 0 Å². The predicted octanol–water partition coefficient (Wildman–Crippen LogP) is 6.13. The highest BCUT2D eigenvalue weighted by atomic mass is 35.5. The van der Waals surface area contributed by atoms with Gasteiger partial charge in [-0.15, -0.1) is 0 Å². The third-order valence-electron chi connectivity index (χ3n) is 4.22. The molecule has 1 atom stereocenters. The number of carbonyl (C=O) groups is 2. The quantitative estimate of drug-likeness (QED) is 0.458. The molecule has 3 amide bonds. The largest absolute Gasteiger partial charge is 0.345 e. The topological polar surface area (TPSA) is 70.2 Å². The molecule has 0 aliphatic heterocycles. The van der Waals surface area contributed by atoms with Gasteiger partial charge in [-0.1, -0.05) is 53.5 Å². The lowest BCUT2D eigenvalue weighted by atomic mass is 10.1. The highest BCUT2D eigenvalue weighted by molar-refractivity contribution is 6.35. The Morgan fingerprint density at radius 2 is 1.45 bits per heavy atom. The van der Waals surface area contributed by atoms with Crippen LogP contribution in [0.3, 0.4) is 0 Å². The van der Waals surface area contributed by atoms with E-state index < -0.39 is 0 Å². The molecule has 0 aliphatic carbocycles. The van der Waals surface area contributed by atoms with E-state index in [1.165, 1.54) is 6.07 Å². The maximum absolute atomic E-state index is 12.5. The monoisotopic (exact) mass is 427 g/mol. The SMILES string of the molecule is CC(NC(=O)c1cc(Cl)ccc1Cl)c1ccc(NC(=O)Nc2ccccc2)cc1. The summed E-state index contributed by atoms with van der Waals surface area (Å²) in [5.41, 5.74) is 2.55. The molecule has 0 radical (unpaired) electrons. The predicted molar refractivity (Wildman–Crippen MR) is 118 cm³/mol. The highest BCUT2D eigenvalue weighted by Gasteiger charge is 2.15. The van der Waals surface area contributed by atoms with E-state index in [0.717, 1.165) is 5.56 Å². The summed E-state index contributed by atoms with van der Waals surface area (Å²) in [6.07, 6.45) is 0. The number of nitrogens with one attached hydrogen (secondary N) is 3. The molecule has 3 N–H and O–H groups in total. The number of carbonyl (C=O) groups excluding carboxylic acids is 2. The van der Waals surface area contributed by atoms with Crippen molar-refractivity contribution >= 4 is 46.5 Å². The first-order chi connectivity index (χ1) is 13.9. The van der Waals surface area contributed by atoms with Crippen LogP contribution in [-0.2, 0) is 0 Å². The Kier molecular flexibility index (Phi) is 6.75. The van der Waals surface area contributed by atoms with E-state index in [1.54, 1.807) is 36.4 Å². The van der Waals surface area contributed by atoms with Gasteiger partial charge < -0.3 is 16.0 Å². The molecule has 0 saturated carbocycles. The fourth-order valence-corrected chi connectivity index (χ4v) is 3.07. The van der Waals surface area contributed by atoms with Gasteiger partial charge in [-0.05, 0) is 55.0 Å². The van der Waals surface area contributed by atoms with Crippen LogP contribution < -0.4 is 16.0 Å². The molecule has 29 heavy (non-hydrogen) atoms. The normalized spacial score (nSPS) is 11.4. The van der Waals surface area contributed by atoms with Crippen LogP contribution in [0, 0.1) is 0 Å². The Morgan fingerprint density at radius 3 is 2.10 bits per heavy atom. The van der Waals surface area contributed by atoms with Gasteiger partial charge in [0.15, 0.2) is 0 Å². The van der Waals surface area contributed by atoms with Crippen LogP contribution >= 0.6 is 23.2 Å². The van der Waals surface area contributed by atoms with Gasteiger partial charge in [-0.25, -0.2) is 4.79 Å². The van der Waals surface area contributed by atoms with Crippen LogP contribution in [0.15, 0.2) is 72.8 Å². The van der Waals surface area contributed by atoms with E-state index in [1.807, 2.05) is 37.3 Å². The summed E-state index contributed by atoms with van der Waals surface area (Å²) in [7, 11) is 0. The zero-order valence-corrected chi connectivity index (χ0v) is 17.1. The summed E-state index contributed by atoms with van der Waals surface area (Å²) in [6.45, 7) is 1.86. The molecular weight excluding hydrogens is 409 g/mol. The standard InChI is InChI=1S/C22H19Cl2N3O2/c1-14(25-21(28)19-13-16(23)9-12-20(19)24)15-7-10-18(11-8-15)27-22(29)26-17-5-3-2-4-6-17/h2-14H,1H3,(H,25,28)(H2,26,27,29). The van der Waals surface area contributed by atoms with Crippen molar-refractivity contribution in [2.45, 2.75) is 13.0 Å². The van der Waals surface area contributed by atoms with Gasteiger partial charge in [0.05, 0.1) is 16.6 Å².